The lowest BCUT2D eigenvalue weighted by Gasteiger charge is -2.22. The molecule has 0 radical (unpaired) electrons. The van der Waals surface area contributed by atoms with Gasteiger partial charge in [-0.25, -0.2) is 17.6 Å². The quantitative estimate of drug-likeness (QED) is 0.270. The highest BCUT2D eigenvalue weighted by Gasteiger charge is 2.27. The van der Waals surface area contributed by atoms with Crippen LogP contribution in [0.3, 0.4) is 0 Å². The summed E-state index contributed by atoms with van der Waals surface area (Å²) in [5, 5.41) is 4.91. The van der Waals surface area contributed by atoms with E-state index >= 15 is 0 Å². The molecule has 174 valence electrons. The Morgan fingerprint density at radius 3 is 2.32 bits per heavy atom. The second-order valence-corrected chi connectivity index (χ2v) is 7.59. The third-order valence-electron chi connectivity index (χ3n) is 4.36. The van der Waals surface area contributed by atoms with Crippen molar-refractivity contribution in [1.29, 1.82) is 0 Å². The maximum absolute atomic E-state index is 13.7. The average molecular weight is 449 g/mol. The molecule has 0 aliphatic rings. The van der Waals surface area contributed by atoms with Gasteiger partial charge in [-0.1, -0.05) is 0 Å². The molecule has 1 rings (SSSR count). The number of nitrogens with one attached hydrogen (secondary N) is 2. The first-order valence-electron chi connectivity index (χ1n) is 9.55. The van der Waals surface area contributed by atoms with E-state index in [9.17, 15) is 31.9 Å². The number of esters is 1. The van der Waals surface area contributed by atoms with Crippen LogP contribution in [0.15, 0.2) is 12.1 Å². The largest absolute Gasteiger partial charge is 0.469 e. The highest BCUT2D eigenvalue weighted by Crippen LogP contribution is 2.16. The number of carbonyl (C=O) groups is 3. The lowest BCUT2D eigenvalue weighted by molar-refractivity contribution is -0.141. The predicted molar refractivity (Wildman–Crippen MR) is 104 cm³/mol. The van der Waals surface area contributed by atoms with E-state index in [0.717, 1.165) is 13.8 Å². The first-order chi connectivity index (χ1) is 14.3. The first kappa shape index (κ1) is 26.3. The Labute approximate surface area is 177 Å². The number of ether oxygens (including phenoxy) is 1. The van der Waals surface area contributed by atoms with E-state index in [1.807, 2.05) is 0 Å². The summed E-state index contributed by atoms with van der Waals surface area (Å²) in [5.41, 5.74) is 3.51. The van der Waals surface area contributed by atoms with Crippen molar-refractivity contribution in [3.05, 3.63) is 35.1 Å². The Bertz CT molecular complexity index is 799. The van der Waals surface area contributed by atoms with Gasteiger partial charge in [0.15, 0.2) is 17.3 Å². The molecule has 2 atom stereocenters. The zero-order valence-corrected chi connectivity index (χ0v) is 17.6. The summed E-state index contributed by atoms with van der Waals surface area (Å²) in [4.78, 5) is 35.4. The number of benzene rings is 1. The van der Waals surface area contributed by atoms with Gasteiger partial charge in [0, 0.05) is 37.5 Å². The van der Waals surface area contributed by atoms with E-state index in [0.29, 0.717) is 12.1 Å². The fourth-order valence-electron chi connectivity index (χ4n) is 2.65. The van der Waals surface area contributed by atoms with Crippen LogP contribution in [0.4, 0.5) is 17.6 Å². The minimum absolute atomic E-state index is 0.0670. The molecule has 0 saturated heterocycles. The van der Waals surface area contributed by atoms with Gasteiger partial charge in [0.2, 0.25) is 5.91 Å². The molecule has 1 aromatic carbocycles. The number of hydrogen-bond donors (Lipinski definition) is 3. The Morgan fingerprint density at radius 1 is 1.13 bits per heavy atom. The Kier molecular flexibility index (Phi) is 9.89. The molecule has 0 heterocycles. The molecule has 0 saturated carbocycles. The van der Waals surface area contributed by atoms with Gasteiger partial charge in [-0.05, 0) is 38.3 Å². The van der Waals surface area contributed by atoms with E-state index in [2.05, 4.69) is 15.4 Å². The second kappa shape index (κ2) is 11.6. The standard InChI is InChI=1S/C20H27F4N3O4/c1-20(2,24)19(30)26-10-13(4-5-18(29)31-3)27-17(28)8-12(25)6-11-7-15(22)16(23)9-14(11)21/h7,9,12-13H,4-6,8,10,25H2,1-3H3,(H,26,30)(H,27,28)/t12?,13-/m0/s1. The molecule has 7 nitrogen and oxygen atoms in total. The third kappa shape index (κ3) is 9.33. The van der Waals surface area contributed by atoms with E-state index in [-0.39, 0.29) is 37.8 Å². The summed E-state index contributed by atoms with van der Waals surface area (Å²) in [6.07, 6.45) is -0.493. The number of methoxy groups -OCH3 is 1. The zero-order chi connectivity index (χ0) is 23.8. The molecule has 0 aliphatic carbocycles. The smallest absolute Gasteiger partial charge is 0.305 e. The van der Waals surface area contributed by atoms with Crippen LogP contribution in [0.5, 0.6) is 0 Å². The van der Waals surface area contributed by atoms with E-state index in [1.54, 1.807) is 0 Å². The van der Waals surface area contributed by atoms with Crippen molar-refractivity contribution in [1.82, 2.24) is 10.6 Å². The van der Waals surface area contributed by atoms with Crippen molar-refractivity contribution < 1.29 is 36.7 Å². The van der Waals surface area contributed by atoms with Gasteiger partial charge in [0.1, 0.15) is 5.82 Å². The zero-order valence-electron chi connectivity index (χ0n) is 17.6. The van der Waals surface area contributed by atoms with Gasteiger partial charge >= 0.3 is 5.97 Å². The van der Waals surface area contributed by atoms with Crippen LogP contribution in [-0.4, -0.2) is 49.2 Å². The van der Waals surface area contributed by atoms with Crippen molar-refractivity contribution in [3.63, 3.8) is 0 Å². The molecule has 1 unspecified atom stereocenters. The Balaban J connectivity index is 2.70. The van der Waals surface area contributed by atoms with Gasteiger partial charge in [0.05, 0.1) is 7.11 Å². The molecule has 4 N–H and O–H groups in total. The monoisotopic (exact) mass is 449 g/mol. The topological polar surface area (TPSA) is 111 Å². The summed E-state index contributed by atoms with van der Waals surface area (Å²) in [6, 6.07) is -0.573. The number of nitrogens with two attached hydrogens (primary N) is 1. The molecule has 1 aromatic rings. The molecule has 0 aromatic heterocycles. The first-order valence-corrected chi connectivity index (χ1v) is 9.55. The van der Waals surface area contributed by atoms with Crippen LogP contribution in [0.1, 0.15) is 38.7 Å². The highest BCUT2D eigenvalue weighted by atomic mass is 19.2. The molecule has 0 aliphatic heterocycles. The maximum atomic E-state index is 13.7. The molecular formula is C20H27F4N3O4. The Hall–Kier alpha value is -2.69. The maximum Gasteiger partial charge on any atom is 0.305 e. The average Bonchev–Trinajstić information content (AvgIpc) is 2.66. The van der Waals surface area contributed by atoms with Crippen LogP contribution >= 0.6 is 0 Å². The van der Waals surface area contributed by atoms with Crippen LogP contribution in [-0.2, 0) is 25.5 Å². The van der Waals surface area contributed by atoms with E-state index < -0.39 is 53.0 Å². The minimum Gasteiger partial charge on any atom is -0.469 e. The van der Waals surface area contributed by atoms with Crippen molar-refractivity contribution in [3.8, 4) is 0 Å². The molecule has 0 fully saturated rings. The molecule has 31 heavy (non-hydrogen) atoms. The van der Waals surface area contributed by atoms with Gasteiger partial charge in [-0.15, -0.1) is 0 Å². The minimum atomic E-state index is -2.13. The Morgan fingerprint density at radius 2 is 1.74 bits per heavy atom. The number of carbonyl (C=O) groups excluding carboxylic acids is 3. The van der Waals surface area contributed by atoms with E-state index in [1.165, 1.54) is 7.11 Å². The molecular weight excluding hydrogens is 422 g/mol. The van der Waals surface area contributed by atoms with Gasteiger partial charge < -0.3 is 21.1 Å². The molecule has 0 bridgehead atoms. The number of amides is 2. The summed E-state index contributed by atoms with van der Waals surface area (Å²) >= 11 is 0. The van der Waals surface area contributed by atoms with Crippen molar-refractivity contribution in [2.45, 2.75) is 57.3 Å². The van der Waals surface area contributed by atoms with Gasteiger partial charge in [-0.2, -0.15) is 0 Å². The summed E-state index contributed by atoms with van der Waals surface area (Å²) < 4.78 is 58.2. The number of rotatable bonds is 11. The van der Waals surface area contributed by atoms with E-state index in [4.69, 9.17) is 5.73 Å². The summed E-state index contributed by atoms with van der Waals surface area (Å²) in [6.45, 7) is 1.99. The number of alkyl halides is 1. The van der Waals surface area contributed by atoms with Crippen molar-refractivity contribution in [2.75, 3.05) is 13.7 Å². The van der Waals surface area contributed by atoms with Crippen LogP contribution in [0.25, 0.3) is 0 Å². The third-order valence-corrected chi connectivity index (χ3v) is 4.36. The van der Waals surface area contributed by atoms with Gasteiger partial charge in [0.25, 0.3) is 5.91 Å². The number of halogens is 4. The van der Waals surface area contributed by atoms with Gasteiger partial charge in [-0.3, -0.25) is 14.4 Å². The lowest BCUT2D eigenvalue weighted by Crippen LogP contribution is -2.48. The molecule has 0 spiro atoms. The molecule has 11 heteroatoms. The SMILES string of the molecule is COC(=O)CC[C@@H](CNC(=O)C(C)(C)F)NC(=O)CC(N)Cc1cc(F)c(F)cc1F. The fourth-order valence-corrected chi connectivity index (χ4v) is 2.65. The van der Waals surface area contributed by atoms with Crippen LogP contribution < -0.4 is 16.4 Å². The van der Waals surface area contributed by atoms with Crippen molar-refractivity contribution in [2.24, 2.45) is 5.73 Å². The normalized spacial score (nSPS) is 13.3. The number of hydrogen-bond acceptors (Lipinski definition) is 5. The second-order valence-electron chi connectivity index (χ2n) is 7.59. The molecule has 2 amide bonds. The fraction of sp³-hybridized carbons (Fsp3) is 0.550. The van der Waals surface area contributed by atoms with Crippen LogP contribution in [0.2, 0.25) is 0 Å². The highest BCUT2D eigenvalue weighted by molar-refractivity contribution is 5.84. The van der Waals surface area contributed by atoms with Crippen LogP contribution in [0, 0.1) is 17.5 Å². The van der Waals surface area contributed by atoms with Crippen molar-refractivity contribution >= 4 is 17.8 Å². The summed E-state index contributed by atoms with van der Waals surface area (Å²) in [5.74, 6) is -5.57. The summed E-state index contributed by atoms with van der Waals surface area (Å²) in [7, 11) is 1.19. The predicted octanol–water partition coefficient (Wildman–Crippen LogP) is 1.67. The lowest BCUT2D eigenvalue weighted by atomic mass is 10.0.